The minimum absolute atomic E-state index is 0.110. The number of rotatable bonds is 29. The van der Waals surface area contributed by atoms with Crippen LogP contribution in [0.1, 0.15) is 175 Å². The Balaban J connectivity index is 3.33. The van der Waals surface area contributed by atoms with Gasteiger partial charge in [0.15, 0.2) is 0 Å². The molecule has 5 nitrogen and oxygen atoms in total. The predicted molar refractivity (Wildman–Crippen MR) is 159 cm³/mol. The molecule has 0 saturated heterocycles. The molecule has 0 spiro atoms. The molecule has 0 fully saturated rings. The van der Waals surface area contributed by atoms with Gasteiger partial charge in [-0.2, -0.15) is 0 Å². The van der Waals surface area contributed by atoms with E-state index in [1.165, 1.54) is 109 Å². The minimum Gasteiger partial charge on any atom is -0.463 e. The highest BCUT2D eigenvalue weighted by atomic mass is 16.6. The van der Waals surface area contributed by atoms with Crippen LogP contribution in [0.5, 0.6) is 0 Å². The van der Waals surface area contributed by atoms with Crippen LogP contribution in [0.3, 0.4) is 0 Å². The summed E-state index contributed by atoms with van der Waals surface area (Å²) in [6.45, 7) is 6.57. The van der Waals surface area contributed by atoms with E-state index in [1.807, 2.05) is 0 Å². The number of aliphatic hydroxyl groups excluding tert-OH is 1. The second-order valence-corrected chi connectivity index (χ2v) is 11.8. The number of hydrogen-bond acceptors (Lipinski definition) is 5. The molecule has 1 atom stereocenters. The van der Waals surface area contributed by atoms with Gasteiger partial charge in [0.05, 0.1) is 0 Å². The molecule has 0 aromatic heterocycles. The average molecular weight is 541 g/mol. The van der Waals surface area contributed by atoms with Crippen molar-refractivity contribution >= 4 is 11.9 Å². The van der Waals surface area contributed by atoms with Crippen LogP contribution < -0.4 is 0 Å². The zero-order valence-corrected chi connectivity index (χ0v) is 25.6. The van der Waals surface area contributed by atoms with E-state index in [4.69, 9.17) is 9.47 Å². The van der Waals surface area contributed by atoms with Crippen molar-refractivity contribution in [3.05, 3.63) is 0 Å². The molecule has 0 aliphatic carbocycles. The first kappa shape index (κ1) is 36.9. The first-order valence-electron chi connectivity index (χ1n) is 16.4. The molecule has 38 heavy (non-hydrogen) atoms. The van der Waals surface area contributed by atoms with Gasteiger partial charge in [-0.15, -0.1) is 0 Å². The maximum atomic E-state index is 11.9. The van der Waals surface area contributed by atoms with Crippen molar-refractivity contribution in [2.75, 3.05) is 13.2 Å². The van der Waals surface area contributed by atoms with Crippen LogP contribution in [0.15, 0.2) is 0 Å². The molecule has 0 rings (SSSR count). The SMILES string of the molecule is CCCCCCCC(=O)OC[C@@H](O)COC(=O)CCCCCCCCCCCCCCCCCCC(C)C. The first-order valence-corrected chi connectivity index (χ1v) is 16.4. The van der Waals surface area contributed by atoms with E-state index < -0.39 is 6.10 Å². The summed E-state index contributed by atoms with van der Waals surface area (Å²) >= 11 is 0. The zero-order chi connectivity index (χ0) is 28.1. The first-order chi connectivity index (χ1) is 18.5. The molecule has 226 valence electrons. The van der Waals surface area contributed by atoms with Gasteiger partial charge in [-0.1, -0.05) is 149 Å². The van der Waals surface area contributed by atoms with Crippen LogP contribution in [-0.2, 0) is 19.1 Å². The Morgan fingerprint density at radius 1 is 0.526 bits per heavy atom. The van der Waals surface area contributed by atoms with Gasteiger partial charge in [-0.25, -0.2) is 0 Å². The van der Waals surface area contributed by atoms with Gasteiger partial charge >= 0.3 is 11.9 Å². The lowest BCUT2D eigenvalue weighted by atomic mass is 10.0. The number of ether oxygens (including phenoxy) is 2. The monoisotopic (exact) mass is 540 g/mol. The molecular formula is C33H64O5. The third kappa shape index (κ3) is 29.5. The molecule has 0 aromatic carbocycles. The van der Waals surface area contributed by atoms with E-state index in [0.29, 0.717) is 12.8 Å². The molecule has 0 amide bonds. The molecule has 0 bridgehead atoms. The van der Waals surface area contributed by atoms with Crippen molar-refractivity contribution in [3.8, 4) is 0 Å². The summed E-state index contributed by atoms with van der Waals surface area (Å²) < 4.78 is 10.2. The van der Waals surface area contributed by atoms with Gasteiger partial charge in [-0.05, 0) is 18.8 Å². The Morgan fingerprint density at radius 2 is 0.842 bits per heavy atom. The van der Waals surface area contributed by atoms with E-state index in [-0.39, 0.29) is 25.2 Å². The van der Waals surface area contributed by atoms with Gasteiger partial charge in [0.1, 0.15) is 19.3 Å². The second-order valence-electron chi connectivity index (χ2n) is 11.8. The summed E-state index contributed by atoms with van der Waals surface area (Å²) in [6, 6.07) is 0. The fourth-order valence-electron chi connectivity index (χ4n) is 4.74. The Morgan fingerprint density at radius 3 is 1.18 bits per heavy atom. The topological polar surface area (TPSA) is 72.8 Å². The Hall–Kier alpha value is -1.10. The van der Waals surface area contributed by atoms with Crippen molar-refractivity contribution < 1.29 is 24.2 Å². The van der Waals surface area contributed by atoms with Crippen LogP contribution in [0, 0.1) is 5.92 Å². The molecule has 0 aromatic rings. The lowest BCUT2D eigenvalue weighted by Crippen LogP contribution is -2.25. The summed E-state index contributed by atoms with van der Waals surface area (Å²) in [4.78, 5) is 23.5. The third-order valence-electron chi connectivity index (χ3n) is 7.27. The maximum Gasteiger partial charge on any atom is 0.305 e. The molecule has 0 unspecified atom stereocenters. The van der Waals surface area contributed by atoms with Gasteiger partial charge in [0.25, 0.3) is 0 Å². The van der Waals surface area contributed by atoms with Crippen LogP contribution in [0.2, 0.25) is 0 Å². The summed E-state index contributed by atoms with van der Waals surface area (Å²) in [6.07, 6.45) is 27.6. The van der Waals surface area contributed by atoms with E-state index >= 15 is 0 Å². The summed E-state index contributed by atoms with van der Waals surface area (Å²) in [5.74, 6) is 0.289. The largest absolute Gasteiger partial charge is 0.463 e. The van der Waals surface area contributed by atoms with E-state index in [1.54, 1.807) is 0 Å². The Labute approximate surface area is 236 Å². The predicted octanol–water partition coefficient (Wildman–Crippen LogP) is 9.47. The van der Waals surface area contributed by atoms with Crippen molar-refractivity contribution in [1.82, 2.24) is 0 Å². The third-order valence-corrected chi connectivity index (χ3v) is 7.27. The number of carbonyl (C=O) groups is 2. The maximum absolute atomic E-state index is 11.9. The van der Waals surface area contributed by atoms with Gasteiger partial charge in [0.2, 0.25) is 0 Å². The van der Waals surface area contributed by atoms with Crippen LogP contribution >= 0.6 is 0 Å². The van der Waals surface area contributed by atoms with Crippen LogP contribution in [0.4, 0.5) is 0 Å². The molecule has 5 heteroatoms. The van der Waals surface area contributed by atoms with E-state index in [2.05, 4.69) is 20.8 Å². The highest BCUT2D eigenvalue weighted by Crippen LogP contribution is 2.15. The minimum atomic E-state index is -0.951. The molecule has 1 N–H and O–H groups in total. The molecule has 0 heterocycles. The fourth-order valence-corrected chi connectivity index (χ4v) is 4.74. The van der Waals surface area contributed by atoms with Gasteiger partial charge in [-0.3, -0.25) is 9.59 Å². The molecule has 0 radical (unpaired) electrons. The zero-order valence-electron chi connectivity index (χ0n) is 25.6. The summed E-state index contributed by atoms with van der Waals surface area (Å²) in [5.41, 5.74) is 0. The number of esters is 2. The average Bonchev–Trinajstić information content (AvgIpc) is 2.89. The molecule has 0 saturated carbocycles. The molecule has 0 aliphatic heterocycles. The quantitative estimate of drug-likeness (QED) is 0.0755. The van der Waals surface area contributed by atoms with E-state index in [0.717, 1.165) is 38.0 Å². The summed E-state index contributed by atoms with van der Waals surface area (Å²) in [7, 11) is 0. The second kappa shape index (κ2) is 28.9. The fraction of sp³-hybridized carbons (Fsp3) is 0.939. The van der Waals surface area contributed by atoms with Gasteiger partial charge < -0.3 is 14.6 Å². The number of carbonyl (C=O) groups excluding carboxylic acids is 2. The lowest BCUT2D eigenvalue weighted by molar-refractivity contribution is -0.152. The van der Waals surface area contributed by atoms with Gasteiger partial charge in [0, 0.05) is 12.8 Å². The smallest absolute Gasteiger partial charge is 0.305 e. The van der Waals surface area contributed by atoms with E-state index in [9.17, 15) is 14.7 Å². The number of unbranched alkanes of at least 4 members (excludes halogenated alkanes) is 19. The molecule has 0 aliphatic rings. The van der Waals surface area contributed by atoms with Crippen molar-refractivity contribution in [3.63, 3.8) is 0 Å². The molecular weight excluding hydrogens is 476 g/mol. The Kier molecular flexibility index (Phi) is 28.1. The summed E-state index contributed by atoms with van der Waals surface area (Å²) in [5, 5.41) is 9.87. The van der Waals surface area contributed by atoms with Crippen molar-refractivity contribution in [1.29, 1.82) is 0 Å². The standard InChI is InChI=1S/C33H64O5/c1-4-5-6-19-23-26-32(35)37-28-31(34)29-38-33(36)27-24-21-18-16-14-12-10-8-7-9-11-13-15-17-20-22-25-30(2)3/h30-31,34H,4-29H2,1-3H3/t31-/m1/s1. The Bertz CT molecular complexity index is 520. The van der Waals surface area contributed by atoms with Crippen molar-refractivity contribution in [2.45, 2.75) is 181 Å². The lowest BCUT2D eigenvalue weighted by Gasteiger charge is -2.12. The van der Waals surface area contributed by atoms with Crippen molar-refractivity contribution in [2.24, 2.45) is 5.92 Å². The van der Waals surface area contributed by atoms with Crippen LogP contribution in [-0.4, -0.2) is 36.4 Å². The van der Waals surface area contributed by atoms with Crippen LogP contribution in [0.25, 0.3) is 0 Å². The number of aliphatic hydroxyl groups is 1. The highest BCUT2D eigenvalue weighted by molar-refractivity contribution is 5.69. The normalized spacial score (nSPS) is 12.1. The number of hydrogen-bond donors (Lipinski definition) is 1. The highest BCUT2D eigenvalue weighted by Gasteiger charge is 2.12.